The van der Waals surface area contributed by atoms with Crippen LogP contribution in [0.25, 0.3) is 0 Å². The first-order valence-electron chi connectivity index (χ1n) is 9.73. The van der Waals surface area contributed by atoms with Crippen molar-refractivity contribution in [2.24, 2.45) is 0 Å². The number of rotatable bonds is 5. The SMILES string of the molecule is O=C(NC1CC1)c1cc(N2CCN(Cc3ccc4c(c3)OCO4)CC2)ncn1. The maximum atomic E-state index is 12.2. The van der Waals surface area contributed by atoms with Crippen molar-refractivity contribution in [3.63, 3.8) is 0 Å². The van der Waals surface area contributed by atoms with E-state index in [1.807, 2.05) is 6.07 Å². The van der Waals surface area contributed by atoms with Crippen LogP contribution in [0.5, 0.6) is 11.5 Å². The Labute approximate surface area is 163 Å². The van der Waals surface area contributed by atoms with Gasteiger partial charge in [-0.2, -0.15) is 0 Å². The molecule has 0 radical (unpaired) electrons. The van der Waals surface area contributed by atoms with Gasteiger partial charge in [-0.25, -0.2) is 9.97 Å². The lowest BCUT2D eigenvalue weighted by atomic mass is 10.1. The molecular formula is C20H23N5O3. The molecule has 1 amide bonds. The third kappa shape index (κ3) is 3.73. The van der Waals surface area contributed by atoms with Crippen LogP contribution in [0.15, 0.2) is 30.6 Å². The number of nitrogens with zero attached hydrogens (tertiary/aromatic N) is 4. The summed E-state index contributed by atoms with van der Waals surface area (Å²) in [7, 11) is 0. The number of hydrogen-bond acceptors (Lipinski definition) is 7. The highest BCUT2D eigenvalue weighted by molar-refractivity contribution is 5.93. The van der Waals surface area contributed by atoms with E-state index in [0.29, 0.717) is 18.5 Å². The van der Waals surface area contributed by atoms with Gasteiger partial charge in [0.25, 0.3) is 5.91 Å². The molecule has 5 rings (SSSR count). The van der Waals surface area contributed by atoms with Crippen LogP contribution < -0.4 is 19.7 Å². The fourth-order valence-electron chi connectivity index (χ4n) is 3.56. The molecule has 2 aromatic rings. The summed E-state index contributed by atoms with van der Waals surface area (Å²) in [5.74, 6) is 2.36. The van der Waals surface area contributed by atoms with Gasteiger partial charge in [-0.15, -0.1) is 0 Å². The molecule has 2 fully saturated rings. The molecule has 28 heavy (non-hydrogen) atoms. The summed E-state index contributed by atoms with van der Waals surface area (Å²) >= 11 is 0. The number of aromatic nitrogens is 2. The smallest absolute Gasteiger partial charge is 0.270 e. The Morgan fingerprint density at radius 2 is 1.89 bits per heavy atom. The monoisotopic (exact) mass is 381 g/mol. The van der Waals surface area contributed by atoms with Crippen molar-refractivity contribution in [1.82, 2.24) is 20.2 Å². The summed E-state index contributed by atoms with van der Waals surface area (Å²) in [6, 6.07) is 8.25. The van der Waals surface area contributed by atoms with E-state index in [1.165, 1.54) is 11.9 Å². The molecule has 1 saturated heterocycles. The average molecular weight is 381 g/mol. The zero-order valence-corrected chi connectivity index (χ0v) is 15.6. The lowest BCUT2D eigenvalue weighted by Gasteiger charge is -2.35. The molecule has 8 heteroatoms. The van der Waals surface area contributed by atoms with E-state index in [1.54, 1.807) is 6.07 Å². The maximum Gasteiger partial charge on any atom is 0.270 e. The quantitative estimate of drug-likeness (QED) is 0.839. The third-order valence-corrected chi connectivity index (χ3v) is 5.34. The number of anilines is 1. The highest BCUT2D eigenvalue weighted by atomic mass is 16.7. The Morgan fingerprint density at radius 3 is 2.71 bits per heavy atom. The van der Waals surface area contributed by atoms with Crippen LogP contribution in [-0.2, 0) is 6.54 Å². The highest BCUT2D eigenvalue weighted by Crippen LogP contribution is 2.33. The minimum absolute atomic E-state index is 0.104. The van der Waals surface area contributed by atoms with E-state index in [-0.39, 0.29) is 5.91 Å². The zero-order valence-electron chi connectivity index (χ0n) is 15.6. The second-order valence-corrected chi connectivity index (χ2v) is 7.46. The highest BCUT2D eigenvalue weighted by Gasteiger charge is 2.25. The minimum Gasteiger partial charge on any atom is -0.454 e. The van der Waals surface area contributed by atoms with Gasteiger partial charge in [-0.05, 0) is 30.5 Å². The fraction of sp³-hybridized carbons (Fsp3) is 0.450. The predicted molar refractivity (Wildman–Crippen MR) is 103 cm³/mol. The van der Waals surface area contributed by atoms with Crippen LogP contribution in [0.4, 0.5) is 5.82 Å². The number of amides is 1. The third-order valence-electron chi connectivity index (χ3n) is 5.34. The van der Waals surface area contributed by atoms with Crippen molar-refractivity contribution in [3.8, 4) is 11.5 Å². The van der Waals surface area contributed by atoms with Crippen molar-refractivity contribution in [2.75, 3.05) is 37.9 Å². The molecule has 2 aliphatic heterocycles. The average Bonchev–Trinajstić information content (AvgIpc) is 3.42. The first-order chi connectivity index (χ1) is 13.7. The van der Waals surface area contributed by atoms with E-state index in [0.717, 1.165) is 62.9 Å². The summed E-state index contributed by atoms with van der Waals surface area (Å²) in [4.78, 5) is 25.4. The largest absolute Gasteiger partial charge is 0.454 e. The van der Waals surface area contributed by atoms with Crippen molar-refractivity contribution in [2.45, 2.75) is 25.4 Å². The zero-order chi connectivity index (χ0) is 18.9. The Hall–Kier alpha value is -2.87. The Morgan fingerprint density at radius 1 is 1.07 bits per heavy atom. The standard InChI is InChI=1S/C20H23N5O3/c26-20(23-15-2-3-15)16-10-19(22-12-21-16)25-7-5-24(6-8-25)11-14-1-4-17-18(9-14)28-13-27-17/h1,4,9-10,12,15H,2-3,5-8,11,13H2,(H,23,26). The number of carbonyl (C=O) groups is 1. The van der Waals surface area contributed by atoms with E-state index in [9.17, 15) is 4.79 Å². The Balaban J connectivity index is 1.18. The molecule has 3 aliphatic rings. The lowest BCUT2D eigenvalue weighted by molar-refractivity contribution is 0.0946. The molecule has 1 aromatic heterocycles. The van der Waals surface area contributed by atoms with Gasteiger partial charge >= 0.3 is 0 Å². The molecule has 8 nitrogen and oxygen atoms in total. The van der Waals surface area contributed by atoms with Crippen molar-refractivity contribution < 1.29 is 14.3 Å². The molecule has 0 spiro atoms. The first kappa shape index (κ1) is 17.2. The number of fused-ring (bicyclic) bond motifs is 1. The van der Waals surface area contributed by atoms with Gasteiger partial charge < -0.3 is 19.7 Å². The Kier molecular flexibility index (Phi) is 4.48. The van der Waals surface area contributed by atoms with Gasteiger partial charge in [0, 0.05) is 44.8 Å². The molecule has 146 valence electrons. The summed E-state index contributed by atoms with van der Waals surface area (Å²) in [5.41, 5.74) is 1.67. The van der Waals surface area contributed by atoms with E-state index >= 15 is 0 Å². The second kappa shape index (κ2) is 7.27. The molecule has 3 heterocycles. The molecule has 1 aliphatic carbocycles. The molecule has 1 aromatic carbocycles. The molecule has 0 bridgehead atoms. The van der Waals surface area contributed by atoms with Crippen LogP contribution in [0.2, 0.25) is 0 Å². The molecule has 1 N–H and O–H groups in total. The van der Waals surface area contributed by atoms with Crippen LogP contribution in [0.3, 0.4) is 0 Å². The maximum absolute atomic E-state index is 12.2. The minimum atomic E-state index is -0.104. The normalized spacial score (nSPS) is 18.9. The summed E-state index contributed by atoms with van der Waals surface area (Å²) in [6.45, 7) is 4.78. The van der Waals surface area contributed by atoms with E-state index in [2.05, 4.69) is 37.2 Å². The number of benzene rings is 1. The number of nitrogens with one attached hydrogen (secondary N) is 1. The predicted octanol–water partition coefficient (Wildman–Crippen LogP) is 1.42. The summed E-state index contributed by atoms with van der Waals surface area (Å²) < 4.78 is 10.8. The van der Waals surface area contributed by atoms with Crippen molar-refractivity contribution >= 4 is 11.7 Å². The number of piperazine rings is 1. The van der Waals surface area contributed by atoms with Crippen molar-refractivity contribution in [1.29, 1.82) is 0 Å². The summed E-state index contributed by atoms with van der Waals surface area (Å²) in [6.07, 6.45) is 3.61. The van der Waals surface area contributed by atoms with Crippen LogP contribution >= 0.6 is 0 Å². The Bertz CT molecular complexity index is 878. The topological polar surface area (TPSA) is 79.8 Å². The molecule has 0 atom stereocenters. The van der Waals surface area contributed by atoms with Gasteiger partial charge in [0.05, 0.1) is 0 Å². The lowest BCUT2D eigenvalue weighted by Crippen LogP contribution is -2.46. The van der Waals surface area contributed by atoms with Gasteiger partial charge in [0.15, 0.2) is 11.5 Å². The molecule has 0 unspecified atom stereocenters. The van der Waals surface area contributed by atoms with Crippen LogP contribution in [-0.4, -0.2) is 59.8 Å². The van der Waals surface area contributed by atoms with Crippen LogP contribution in [0, 0.1) is 0 Å². The van der Waals surface area contributed by atoms with Gasteiger partial charge in [0.1, 0.15) is 17.8 Å². The number of ether oxygens (including phenoxy) is 2. The number of hydrogen-bond donors (Lipinski definition) is 1. The van der Waals surface area contributed by atoms with Gasteiger partial charge in [-0.1, -0.05) is 6.07 Å². The fourth-order valence-corrected chi connectivity index (χ4v) is 3.56. The van der Waals surface area contributed by atoms with Crippen molar-refractivity contribution in [3.05, 3.63) is 41.9 Å². The molecule has 1 saturated carbocycles. The van der Waals surface area contributed by atoms with E-state index < -0.39 is 0 Å². The van der Waals surface area contributed by atoms with Gasteiger partial charge in [0.2, 0.25) is 6.79 Å². The number of carbonyl (C=O) groups excluding carboxylic acids is 1. The summed E-state index contributed by atoms with van der Waals surface area (Å²) in [5, 5.41) is 2.98. The van der Waals surface area contributed by atoms with Crippen LogP contribution in [0.1, 0.15) is 28.9 Å². The second-order valence-electron chi connectivity index (χ2n) is 7.46. The molecular weight excluding hydrogens is 358 g/mol. The van der Waals surface area contributed by atoms with Gasteiger partial charge in [-0.3, -0.25) is 9.69 Å². The van der Waals surface area contributed by atoms with E-state index in [4.69, 9.17) is 9.47 Å². The first-order valence-corrected chi connectivity index (χ1v) is 9.73.